The van der Waals surface area contributed by atoms with E-state index >= 15 is 0 Å². The summed E-state index contributed by atoms with van der Waals surface area (Å²) in [4.78, 5) is 30.2. The number of rotatable bonds is 4. The van der Waals surface area contributed by atoms with Crippen molar-refractivity contribution in [3.8, 4) is 0 Å². The van der Waals surface area contributed by atoms with Gasteiger partial charge in [0.05, 0.1) is 13.2 Å². The molecule has 1 aliphatic carbocycles. The number of piperidine rings is 2. The van der Waals surface area contributed by atoms with Crippen molar-refractivity contribution in [2.24, 2.45) is 22.7 Å². The summed E-state index contributed by atoms with van der Waals surface area (Å²) < 4.78 is 0. The second-order valence-electron chi connectivity index (χ2n) is 9.81. The first kappa shape index (κ1) is 20.6. The average Bonchev–Trinajstić information content (AvgIpc) is 3.16. The summed E-state index contributed by atoms with van der Waals surface area (Å²) in [6.45, 7) is 6.91. The molecule has 154 valence electrons. The molecule has 2 N–H and O–H groups in total. The Morgan fingerprint density at radius 1 is 0.815 bits per heavy atom. The first-order valence-electron chi connectivity index (χ1n) is 10.6. The zero-order chi connectivity index (χ0) is 19.7. The number of likely N-dealkylation sites (tertiary alicyclic amines) is 2. The largest absolute Gasteiger partial charge is 0.396 e. The zero-order valence-electron chi connectivity index (χ0n) is 17.0. The highest BCUT2D eigenvalue weighted by molar-refractivity contribution is 5.88. The fraction of sp³-hybridized carbons (Fsp3) is 0.905. The van der Waals surface area contributed by atoms with Crippen LogP contribution in [0, 0.1) is 22.7 Å². The van der Waals surface area contributed by atoms with E-state index in [-0.39, 0.29) is 47.7 Å². The Morgan fingerprint density at radius 3 is 1.59 bits per heavy atom. The lowest BCUT2D eigenvalue weighted by atomic mass is 9.81. The molecule has 0 spiro atoms. The van der Waals surface area contributed by atoms with Gasteiger partial charge in [-0.25, -0.2) is 0 Å². The third kappa shape index (κ3) is 4.32. The van der Waals surface area contributed by atoms with Crippen LogP contribution < -0.4 is 0 Å². The lowest BCUT2D eigenvalue weighted by molar-refractivity contribution is -0.149. The second-order valence-corrected chi connectivity index (χ2v) is 9.81. The monoisotopic (exact) mass is 380 g/mol. The first-order chi connectivity index (χ1) is 12.8. The van der Waals surface area contributed by atoms with Crippen molar-refractivity contribution >= 4 is 11.8 Å². The first-order valence-corrected chi connectivity index (χ1v) is 10.6. The number of nitrogens with zero attached hydrogens (tertiary/aromatic N) is 2. The number of aliphatic hydroxyl groups is 2. The molecule has 0 bridgehead atoms. The van der Waals surface area contributed by atoms with Crippen molar-refractivity contribution in [3.63, 3.8) is 0 Å². The van der Waals surface area contributed by atoms with Crippen molar-refractivity contribution in [1.82, 2.24) is 9.80 Å². The minimum atomic E-state index is -0.221. The standard InChI is InChI=1S/C21H36N2O4/c1-20(14-24)8-4-10-22(12-20)18(26)16-6-3-7-17(16)19(27)23-11-5-9-21(2,13-23)15-25/h16-17,24-25H,3-15H2,1-2H3. The molecule has 2 saturated heterocycles. The van der Waals surface area contributed by atoms with E-state index in [1.165, 1.54) is 0 Å². The smallest absolute Gasteiger partial charge is 0.226 e. The lowest BCUT2D eigenvalue weighted by Gasteiger charge is -2.42. The fourth-order valence-electron chi connectivity index (χ4n) is 5.29. The summed E-state index contributed by atoms with van der Waals surface area (Å²) in [7, 11) is 0. The minimum Gasteiger partial charge on any atom is -0.396 e. The van der Waals surface area contributed by atoms with Gasteiger partial charge in [0.1, 0.15) is 0 Å². The van der Waals surface area contributed by atoms with Crippen molar-refractivity contribution < 1.29 is 19.8 Å². The van der Waals surface area contributed by atoms with Gasteiger partial charge in [-0.3, -0.25) is 9.59 Å². The quantitative estimate of drug-likeness (QED) is 0.777. The van der Waals surface area contributed by atoms with E-state index in [0.717, 1.165) is 58.0 Å². The number of hydrogen-bond donors (Lipinski definition) is 2. The van der Waals surface area contributed by atoms with Crippen LogP contribution in [0.5, 0.6) is 0 Å². The Morgan fingerprint density at radius 2 is 1.22 bits per heavy atom. The summed E-state index contributed by atoms with van der Waals surface area (Å²) in [5, 5.41) is 19.4. The van der Waals surface area contributed by atoms with Crippen LogP contribution >= 0.6 is 0 Å². The predicted octanol–water partition coefficient (Wildman–Crippen LogP) is 1.64. The van der Waals surface area contributed by atoms with E-state index in [9.17, 15) is 19.8 Å². The number of carbonyl (C=O) groups is 2. The van der Waals surface area contributed by atoms with Gasteiger partial charge in [-0.2, -0.15) is 0 Å². The summed E-state index contributed by atoms with van der Waals surface area (Å²) >= 11 is 0. The van der Waals surface area contributed by atoms with Gasteiger partial charge in [0.25, 0.3) is 0 Å². The highest BCUT2D eigenvalue weighted by Gasteiger charge is 2.44. The van der Waals surface area contributed by atoms with Crippen LogP contribution in [0.2, 0.25) is 0 Å². The third-order valence-electron chi connectivity index (χ3n) is 7.10. The van der Waals surface area contributed by atoms with Crippen LogP contribution in [-0.4, -0.2) is 71.2 Å². The molecule has 4 atom stereocenters. The van der Waals surface area contributed by atoms with Gasteiger partial charge in [0.15, 0.2) is 0 Å². The molecule has 2 heterocycles. The molecule has 6 nitrogen and oxygen atoms in total. The summed E-state index contributed by atoms with van der Waals surface area (Å²) in [5.74, 6) is -0.235. The molecule has 0 aromatic heterocycles. The maximum absolute atomic E-state index is 13.2. The molecule has 1 saturated carbocycles. The van der Waals surface area contributed by atoms with Gasteiger partial charge in [0, 0.05) is 48.8 Å². The van der Waals surface area contributed by atoms with Crippen LogP contribution in [0.1, 0.15) is 58.8 Å². The highest BCUT2D eigenvalue weighted by atomic mass is 16.3. The molecular formula is C21H36N2O4. The highest BCUT2D eigenvalue weighted by Crippen LogP contribution is 2.38. The topological polar surface area (TPSA) is 81.1 Å². The molecule has 3 rings (SSSR count). The molecule has 6 heteroatoms. The molecule has 27 heavy (non-hydrogen) atoms. The second kappa shape index (κ2) is 8.08. The van der Waals surface area contributed by atoms with Crippen molar-refractivity contribution in [1.29, 1.82) is 0 Å². The van der Waals surface area contributed by atoms with E-state index < -0.39 is 0 Å². The molecule has 4 unspecified atom stereocenters. The summed E-state index contributed by atoms with van der Waals surface area (Å²) in [6.07, 6.45) is 6.19. The van der Waals surface area contributed by atoms with Crippen LogP contribution in [0.15, 0.2) is 0 Å². The molecule has 0 radical (unpaired) electrons. The molecule has 0 aromatic rings. The molecule has 2 aliphatic heterocycles. The zero-order valence-corrected chi connectivity index (χ0v) is 17.0. The summed E-state index contributed by atoms with van der Waals surface area (Å²) in [6, 6.07) is 0. The van der Waals surface area contributed by atoms with E-state index in [0.29, 0.717) is 13.1 Å². The van der Waals surface area contributed by atoms with Crippen LogP contribution in [0.3, 0.4) is 0 Å². The van der Waals surface area contributed by atoms with E-state index in [1.807, 2.05) is 23.6 Å². The van der Waals surface area contributed by atoms with Gasteiger partial charge >= 0.3 is 0 Å². The maximum atomic E-state index is 13.2. The van der Waals surface area contributed by atoms with Crippen molar-refractivity contribution in [2.45, 2.75) is 58.8 Å². The van der Waals surface area contributed by atoms with Gasteiger partial charge in [0.2, 0.25) is 11.8 Å². The number of carbonyl (C=O) groups excluding carboxylic acids is 2. The fourth-order valence-corrected chi connectivity index (χ4v) is 5.29. The SMILES string of the molecule is CC1(CO)CCCN(C(=O)C2CCCC2C(=O)N2CCCC(C)(CO)C2)C1. The van der Waals surface area contributed by atoms with E-state index in [4.69, 9.17) is 0 Å². The Bertz CT molecular complexity index is 520. The van der Waals surface area contributed by atoms with E-state index in [2.05, 4.69) is 0 Å². The minimum absolute atomic E-state index is 0.0946. The Labute approximate surface area is 162 Å². The van der Waals surface area contributed by atoms with Gasteiger partial charge in [-0.05, 0) is 38.5 Å². The van der Waals surface area contributed by atoms with Crippen molar-refractivity contribution in [3.05, 3.63) is 0 Å². The van der Waals surface area contributed by atoms with Gasteiger partial charge in [-0.1, -0.05) is 20.3 Å². The normalized spacial score (nSPS) is 37.5. The lowest BCUT2D eigenvalue weighted by Crippen LogP contribution is -2.52. The van der Waals surface area contributed by atoms with E-state index in [1.54, 1.807) is 0 Å². The molecule has 2 amide bonds. The Kier molecular flexibility index (Phi) is 6.16. The van der Waals surface area contributed by atoms with Crippen LogP contribution in [-0.2, 0) is 9.59 Å². The third-order valence-corrected chi connectivity index (χ3v) is 7.10. The number of aliphatic hydroxyl groups excluding tert-OH is 2. The molecule has 0 aromatic carbocycles. The van der Waals surface area contributed by atoms with Crippen LogP contribution in [0.25, 0.3) is 0 Å². The maximum Gasteiger partial charge on any atom is 0.226 e. The Hall–Kier alpha value is -1.14. The average molecular weight is 381 g/mol. The Balaban J connectivity index is 1.67. The molecule has 3 fully saturated rings. The molecular weight excluding hydrogens is 344 g/mol. The van der Waals surface area contributed by atoms with Gasteiger partial charge < -0.3 is 20.0 Å². The predicted molar refractivity (Wildman–Crippen MR) is 103 cm³/mol. The van der Waals surface area contributed by atoms with Crippen molar-refractivity contribution in [2.75, 3.05) is 39.4 Å². The van der Waals surface area contributed by atoms with Crippen LogP contribution in [0.4, 0.5) is 0 Å². The number of amides is 2. The summed E-state index contributed by atoms with van der Waals surface area (Å²) in [5.41, 5.74) is -0.441. The molecule has 3 aliphatic rings. The van der Waals surface area contributed by atoms with Gasteiger partial charge in [-0.15, -0.1) is 0 Å². The number of hydrogen-bond acceptors (Lipinski definition) is 4.